The van der Waals surface area contributed by atoms with E-state index in [1.54, 1.807) is 53.4 Å². The van der Waals surface area contributed by atoms with E-state index in [-0.39, 0.29) is 11.4 Å². The second kappa shape index (κ2) is 7.80. The summed E-state index contributed by atoms with van der Waals surface area (Å²) in [4.78, 5) is 28.4. The zero-order chi connectivity index (χ0) is 21.3. The van der Waals surface area contributed by atoms with Crippen molar-refractivity contribution >= 4 is 34.5 Å². The lowest BCUT2D eigenvalue weighted by atomic mass is 10.1. The van der Waals surface area contributed by atoms with Gasteiger partial charge in [-0.1, -0.05) is 16.8 Å². The smallest absolute Gasteiger partial charge is 0.269 e. The van der Waals surface area contributed by atoms with Gasteiger partial charge in [0.2, 0.25) is 6.23 Å². The lowest BCUT2D eigenvalue weighted by Gasteiger charge is -2.25. The molecule has 0 saturated carbocycles. The van der Waals surface area contributed by atoms with E-state index >= 15 is 0 Å². The molecule has 0 fully saturated rings. The summed E-state index contributed by atoms with van der Waals surface area (Å²) >= 11 is 6.01. The SMILES string of the molecule is O=[N+]([O-])c1ccc(C2=NO[C@H](c3ccc([N+](=O)[O-])cc3)N2c2ccc(Cl)cc2)cc1. The Morgan fingerprint density at radius 2 is 1.37 bits per heavy atom. The van der Waals surface area contributed by atoms with E-state index < -0.39 is 16.1 Å². The lowest BCUT2D eigenvalue weighted by molar-refractivity contribution is -0.385. The molecule has 0 bridgehead atoms. The lowest BCUT2D eigenvalue weighted by Crippen LogP contribution is -2.31. The molecule has 150 valence electrons. The van der Waals surface area contributed by atoms with Crippen molar-refractivity contribution in [1.29, 1.82) is 0 Å². The van der Waals surface area contributed by atoms with Gasteiger partial charge in [0.1, 0.15) is 0 Å². The van der Waals surface area contributed by atoms with Crippen molar-refractivity contribution in [3.8, 4) is 0 Å². The average Bonchev–Trinajstić information content (AvgIpc) is 3.19. The first kappa shape index (κ1) is 19.3. The molecule has 0 spiro atoms. The van der Waals surface area contributed by atoms with Crippen LogP contribution in [0.5, 0.6) is 0 Å². The highest BCUT2D eigenvalue weighted by Crippen LogP contribution is 2.36. The molecule has 1 heterocycles. The maximum Gasteiger partial charge on any atom is 0.269 e. The number of amidine groups is 1. The highest BCUT2D eigenvalue weighted by molar-refractivity contribution is 6.30. The number of rotatable bonds is 5. The highest BCUT2D eigenvalue weighted by Gasteiger charge is 2.34. The van der Waals surface area contributed by atoms with Gasteiger partial charge in [-0.2, -0.15) is 0 Å². The topological polar surface area (TPSA) is 111 Å². The molecule has 0 saturated heterocycles. The standard InChI is InChI=1S/C20H13ClN4O5/c21-15-5-11-16(12-6-15)23-19(13-1-7-17(8-2-13)24(26)27)22-30-20(23)14-3-9-18(10-4-14)25(28)29/h1-12,20H/t20-/m1/s1. The summed E-state index contributed by atoms with van der Waals surface area (Å²) in [5.41, 5.74) is 1.91. The summed E-state index contributed by atoms with van der Waals surface area (Å²) in [6.45, 7) is 0. The maximum atomic E-state index is 10.9. The van der Waals surface area contributed by atoms with Crippen molar-refractivity contribution in [1.82, 2.24) is 0 Å². The van der Waals surface area contributed by atoms with Crippen LogP contribution in [0.15, 0.2) is 78.0 Å². The van der Waals surface area contributed by atoms with Crippen LogP contribution in [0.25, 0.3) is 0 Å². The van der Waals surface area contributed by atoms with E-state index in [2.05, 4.69) is 5.16 Å². The fraction of sp³-hybridized carbons (Fsp3) is 0.0500. The molecule has 10 heteroatoms. The third-order valence-corrected chi connectivity index (χ3v) is 4.78. The molecule has 4 rings (SSSR count). The molecule has 9 nitrogen and oxygen atoms in total. The normalized spacial score (nSPS) is 15.4. The van der Waals surface area contributed by atoms with E-state index in [4.69, 9.17) is 16.4 Å². The summed E-state index contributed by atoms with van der Waals surface area (Å²) in [7, 11) is 0. The Morgan fingerprint density at radius 1 is 0.833 bits per heavy atom. The Balaban J connectivity index is 1.73. The van der Waals surface area contributed by atoms with Crippen LogP contribution in [0.4, 0.5) is 17.1 Å². The first-order valence-corrected chi connectivity index (χ1v) is 9.09. The van der Waals surface area contributed by atoms with Crippen molar-refractivity contribution in [2.45, 2.75) is 6.23 Å². The minimum Gasteiger partial charge on any atom is -0.363 e. The van der Waals surface area contributed by atoms with Crippen molar-refractivity contribution < 1.29 is 14.7 Å². The predicted molar refractivity (Wildman–Crippen MR) is 110 cm³/mol. The van der Waals surface area contributed by atoms with Crippen molar-refractivity contribution in [2.75, 3.05) is 4.90 Å². The van der Waals surface area contributed by atoms with Crippen LogP contribution >= 0.6 is 11.6 Å². The monoisotopic (exact) mass is 424 g/mol. The number of oxime groups is 1. The second-order valence-corrected chi connectivity index (χ2v) is 6.81. The Kier molecular flexibility index (Phi) is 5.03. The molecule has 0 amide bonds. The number of halogens is 1. The molecule has 0 aromatic heterocycles. The Hall–Kier alpha value is -3.98. The zero-order valence-corrected chi connectivity index (χ0v) is 16.0. The Bertz CT molecular complexity index is 1130. The molecule has 0 unspecified atom stereocenters. The minimum absolute atomic E-state index is 0.0358. The summed E-state index contributed by atoms with van der Waals surface area (Å²) in [5, 5.41) is 26.6. The van der Waals surface area contributed by atoms with Crippen LogP contribution in [-0.2, 0) is 4.84 Å². The number of anilines is 1. The number of nitrogens with zero attached hydrogens (tertiary/aromatic N) is 4. The van der Waals surface area contributed by atoms with Gasteiger partial charge in [-0.15, -0.1) is 0 Å². The Morgan fingerprint density at radius 3 is 1.90 bits per heavy atom. The van der Waals surface area contributed by atoms with Gasteiger partial charge < -0.3 is 4.84 Å². The van der Waals surface area contributed by atoms with Crippen molar-refractivity contribution in [3.63, 3.8) is 0 Å². The summed E-state index contributed by atoms with van der Waals surface area (Å²) in [5.74, 6) is 0.440. The molecular formula is C20H13ClN4O5. The van der Waals surface area contributed by atoms with Crippen LogP contribution in [-0.4, -0.2) is 15.7 Å². The predicted octanol–water partition coefficient (Wildman–Crippen LogP) is 5.05. The van der Waals surface area contributed by atoms with Crippen LogP contribution in [0, 0.1) is 20.2 Å². The summed E-state index contributed by atoms with van der Waals surface area (Å²) in [6.07, 6.45) is -0.683. The van der Waals surface area contributed by atoms with Crippen LogP contribution < -0.4 is 4.90 Å². The fourth-order valence-corrected chi connectivity index (χ4v) is 3.18. The van der Waals surface area contributed by atoms with Gasteiger partial charge in [0.15, 0.2) is 5.84 Å². The number of non-ortho nitro benzene ring substituents is 2. The highest BCUT2D eigenvalue weighted by atomic mass is 35.5. The Labute approximate surface area is 175 Å². The van der Waals surface area contributed by atoms with Crippen LogP contribution in [0.1, 0.15) is 17.4 Å². The number of hydrogen-bond acceptors (Lipinski definition) is 7. The van der Waals surface area contributed by atoms with E-state index in [1.165, 1.54) is 24.3 Å². The van der Waals surface area contributed by atoms with Gasteiger partial charge in [-0.25, -0.2) is 0 Å². The number of hydrogen-bond donors (Lipinski definition) is 0. The van der Waals surface area contributed by atoms with Crippen molar-refractivity contribution in [2.24, 2.45) is 5.16 Å². The molecule has 0 aliphatic carbocycles. The zero-order valence-electron chi connectivity index (χ0n) is 15.2. The van der Waals surface area contributed by atoms with E-state index in [1.807, 2.05) is 0 Å². The van der Waals surface area contributed by atoms with E-state index in [0.29, 0.717) is 22.0 Å². The van der Waals surface area contributed by atoms with Crippen LogP contribution in [0.2, 0.25) is 5.02 Å². The number of benzene rings is 3. The van der Waals surface area contributed by atoms with E-state index in [0.717, 1.165) is 5.69 Å². The first-order chi connectivity index (χ1) is 14.4. The molecular weight excluding hydrogens is 412 g/mol. The third kappa shape index (κ3) is 3.65. The van der Waals surface area contributed by atoms with Crippen LogP contribution in [0.3, 0.4) is 0 Å². The van der Waals surface area contributed by atoms with Gasteiger partial charge in [-0.05, 0) is 48.5 Å². The first-order valence-electron chi connectivity index (χ1n) is 8.72. The molecule has 0 N–H and O–H groups in total. The molecule has 1 atom stereocenters. The summed E-state index contributed by atoms with van der Waals surface area (Å²) in [6, 6.07) is 18.9. The van der Waals surface area contributed by atoms with E-state index in [9.17, 15) is 20.2 Å². The fourth-order valence-electron chi connectivity index (χ4n) is 3.06. The number of nitro benzene ring substituents is 2. The second-order valence-electron chi connectivity index (χ2n) is 6.37. The third-order valence-electron chi connectivity index (χ3n) is 4.53. The minimum atomic E-state index is -0.683. The van der Waals surface area contributed by atoms with Gasteiger partial charge in [0.05, 0.1) is 9.85 Å². The van der Waals surface area contributed by atoms with Gasteiger partial charge in [0, 0.05) is 46.1 Å². The molecule has 3 aromatic carbocycles. The molecule has 0 radical (unpaired) electrons. The van der Waals surface area contributed by atoms with Gasteiger partial charge >= 0.3 is 0 Å². The number of nitro groups is 2. The largest absolute Gasteiger partial charge is 0.363 e. The molecule has 30 heavy (non-hydrogen) atoms. The quantitative estimate of drug-likeness (QED) is 0.418. The van der Waals surface area contributed by atoms with Crippen molar-refractivity contribution in [3.05, 3.63) is 109 Å². The summed E-state index contributed by atoms with van der Waals surface area (Å²) < 4.78 is 0. The van der Waals surface area contributed by atoms with Gasteiger partial charge in [-0.3, -0.25) is 25.1 Å². The average molecular weight is 425 g/mol. The molecule has 1 aliphatic rings. The maximum absolute atomic E-state index is 10.9. The van der Waals surface area contributed by atoms with Gasteiger partial charge in [0.25, 0.3) is 11.4 Å². The molecule has 1 aliphatic heterocycles. The molecule has 3 aromatic rings.